The predicted molar refractivity (Wildman–Crippen MR) is 173 cm³/mol. The second kappa shape index (κ2) is 16.6. The van der Waals surface area contributed by atoms with E-state index >= 15 is 0 Å². The van der Waals surface area contributed by atoms with E-state index in [1.165, 1.54) is 31.8 Å². The van der Waals surface area contributed by atoms with Crippen LogP contribution < -0.4 is 31.8 Å². The molecule has 0 aliphatic carbocycles. The third-order valence-corrected chi connectivity index (χ3v) is 11.0. The maximum absolute atomic E-state index is 4.76. The molecular formula is C34H28Cl2FeP2-2. The summed E-state index contributed by atoms with van der Waals surface area (Å²) in [5.74, 6) is 0. The molecule has 0 radical (unpaired) electrons. The molecule has 0 saturated carbocycles. The first kappa shape index (κ1) is 29.5. The van der Waals surface area contributed by atoms with Gasteiger partial charge in [0, 0.05) is 0 Å². The number of hydrogen-bond donors (Lipinski definition) is 0. The first-order valence-electron chi connectivity index (χ1n) is 12.4. The molecule has 0 unspecified atom stereocenters. The molecule has 0 spiro atoms. The predicted octanol–water partition coefficient (Wildman–Crippen LogP) is 7.70. The van der Waals surface area contributed by atoms with E-state index in [0.29, 0.717) is 0 Å². The fourth-order valence-electron chi connectivity index (χ4n) is 4.26. The van der Waals surface area contributed by atoms with E-state index in [0.717, 1.165) is 0 Å². The van der Waals surface area contributed by atoms with Crippen LogP contribution in [-0.2, 0) is 13.1 Å². The van der Waals surface area contributed by atoms with Gasteiger partial charge in [-0.05, 0) is 29.1 Å². The minimum Gasteiger partial charge on any atom is -0.214 e. The van der Waals surface area contributed by atoms with E-state index < -0.39 is 15.8 Å². The number of benzene rings is 4. The molecule has 39 heavy (non-hydrogen) atoms. The van der Waals surface area contributed by atoms with E-state index in [9.17, 15) is 0 Å². The van der Waals surface area contributed by atoms with Crippen LogP contribution >= 0.6 is 36.0 Å². The molecule has 6 aromatic rings. The number of rotatable bonds is 6. The van der Waals surface area contributed by atoms with Crippen LogP contribution in [-0.4, -0.2) is 0 Å². The average Bonchev–Trinajstić information content (AvgIpc) is 3.73. The van der Waals surface area contributed by atoms with E-state index in [4.69, 9.17) is 20.2 Å². The second-order valence-electron chi connectivity index (χ2n) is 8.32. The van der Waals surface area contributed by atoms with Gasteiger partial charge in [-0.25, -0.2) is 24.3 Å². The van der Waals surface area contributed by atoms with Crippen LogP contribution in [0.5, 0.6) is 0 Å². The Hall–Kier alpha value is -2.46. The standard InChI is InChI=1S/C29H23P2.C5H5.2ClH.Fe/c1-5-14-24(15-6-1)30(25-16-7-2-8-17-25)28-22-13-23-29(28)31(26-18-9-3-10-19-26)27-20-11-4-12-21-27;1-2-4-5-3-1;;;/h1-23H;1-5H;2*1H;/q2*-1;;;+2/p-2. The molecule has 0 amide bonds. The molecule has 0 heterocycles. The van der Waals surface area contributed by atoms with Crippen molar-refractivity contribution in [3.8, 4) is 0 Å². The van der Waals surface area contributed by atoms with Crippen LogP contribution in [0, 0.1) is 0 Å². The third-order valence-electron chi connectivity index (χ3n) is 5.87. The summed E-state index contributed by atoms with van der Waals surface area (Å²) < 4.78 is 0. The molecule has 0 N–H and O–H groups in total. The van der Waals surface area contributed by atoms with Gasteiger partial charge in [0.25, 0.3) is 0 Å². The average molecular weight is 625 g/mol. The summed E-state index contributed by atoms with van der Waals surface area (Å²) in [6.07, 6.45) is 0. The van der Waals surface area contributed by atoms with E-state index in [1.54, 1.807) is 0 Å². The van der Waals surface area contributed by atoms with Gasteiger partial charge in [0.05, 0.1) is 0 Å². The molecule has 5 heteroatoms. The maximum Gasteiger partial charge on any atom is -0.0171 e. The van der Waals surface area contributed by atoms with Gasteiger partial charge in [-0.15, -0.1) is 10.6 Å². The van der Waals surface area contributed by atoms with Crippen LogP contribution in [0.2, 0.25) is 0 Å². The number of hydrogen-bond acceptors (Lipinski definition) is 0. The van der Waals surface area contributed by atoms with Crippen molar-refractivity contribution in [3.05, 3.63) is 170 Å². The Balaban J connectivity index is 0.000000385. The van der Waals surface area contributed by atoms with Crippen LogP contribution in [0.3, 0.4) is 0 Å². The monoisotopic (exact) mass is 624 g/mol. The smallest absolute Gasteiger partial charge is 0.0171 e. The van der Waals surface area contributed by atoms with E-state index in [-0.39, 0.29) is 13.1 Å². The van der Waals surface area contributed by atoms with Gasteiger partial charge in [0.15, 0.2) is 0 Å². The van der Waals surface area contributed by atoms with E-state index in [2.05, 4.69) is 140 Å². The summed E-state index contributed by atoms with van der Waals surface area (Å²) in [5, 5.41) is 8.51. The van der Waals surface area contributed by atoms with Gasteiger partial charge in [-0.2, -0.15) is 24.3 Å². The van der Waals surface area contributed by atoms with Crippen LogP contribution in [0.1, 0.15) is 0 Å². The van der Waals surface area contributed by atoms with Gasteiger partial charge in [0.1, 0.15) is 0 Å². The van der Waals surface area contributed by atoms with Crippen molar-refractivity contribution in [2.75, 3.05) is 0 Å². The van der Waals surface area contributed by atoms with Crippen molar-refractivity contribution in [2.24, 2.45) is 0 Å². The van der Waals surface area contributed by atoms with Gasteiger partial charge in [-0.1, -0.05) is 129 Å². The summed E-state index contributed by atoms with van der Waals surface area (Å²) in [4.78, 5) is 0. The zero-order valence-corrected chi connectivity index (χ0v) is 25.6. The molecule has 0 aliphatic rings. The van der Waals surface area contributed by atoms with Crippen molar-refractivity contribution < 1.29 is 13.1 Å². The Morgan fingerprint density at radius 3 is 1.23 bits per heavy atom. The molecule has 0 fully saturated rings. The molecule has 0 atom stereocenters. The van der Waals surface area contributed by atoms with E-state index in [1.807, 2.05) is 30.3 Å². The minimum absolute atomic E-state index is 0.194. The van der Waals surface area contributed by atoms with Gasteiger partial charge < -0.3 is 0 Å². The Morgan fingerprint density at radius 2 is 0.872 bits per heavy atom. The quantitative estimate of drug-likeness (QED) is 0.101. The Bertz CT molecular complexity index is 1250. The summed E-state index contributed by atoms with van der Waals surface area (Å²) in [6, 6.07) is 60.9. The van der Waals surface area contributed by atoms with Crippen LogP contribution in [0.15, 0.2) is 170 Å². The molecule has 6 rings (SSSR count). The summed E-state index contributed by atoms with van der Waals surface area (Å²) in [7, 11) is 8.27. The SMILES string of the molecule is [Cl][Fe][Cl].c1cc[cH-]c1.c1ccc(P(c2ccccc2)c2ccc[c-]2P(c2ccccc2)c2ccccc2)cc1. The minimum atomic E-state index is -0.627. The van der Waals surface area contributed by atoms with Gasteiger partial charge >= 0.3 is 33.3 Å². The van der Waals surface area contributed by atoms with Gasteiger partial charge in [0.2, 0.25) is 0 Å². The van der Waals surface area contributed by atoms with Crippen LogP contribution in [0.4, 0.5) is 0 Å². The van der Waals surface area contributed by atoms with Crippen molar-refractivity contribution in [1.29, 1.82) is 0 Å². The molecule has 0 nitrogen and oxygen atoms in total. The topological polar surface area (TPSA) is 0 Å². The Labute approximate surface area is 249 Å². The largest absolute Gasteiger partial charge is 0.214 e. The summed E-state index contributed by atoms with van der Waals surface area (Å²) >= 11 is 0.194. The molecular weight excluding hydrogens is 597 g/mol. The fourth-order valence-corrected chi connectivity index (χ4v) is 9.53. The summed E-state index contributed by atoms with van der Waals surface area (Å²) in [6.45, 7) is 0. The maximum atomic E-state index is 4.76. The van der Waals surface area contributed by atoms with Crippen molar-refractivity contribution in [1.82, 2.24) is 0 Å². The third kappa shape index (κ3) is 8.51. The van der Waals surface area contributed by atoms with Crippen molar-refractivity contribution in [3.63, 3.8) is 0 Å². The Kier molecular flexibility index (Phi) is 12.6. The zero-order chi connectivity index (χ0) is 27.1. The molecule has 0 saturated heterocycles. The number of halogens is 2. The fraction of sp³-hybridized carbons (Fsp3) is 0. The van der Waals surface area contributed by atoms with Gasteiger partial charge in [-0.3, -0.25) is 0 Å². The normalized spacial score (nSPS) is 10.5. The first-order chi connectivity index (χ1) is 19.3. The molecule has 6 aromatic carbocycles. The molecule has 198 valence electrons. The van der Waals surface area contributed by atoms with Crippen LogP contribution in [0.25, 0.3) is 0 Å². The first-order valence-corrected chi connectivity index (χ1v) is 18.1. The second-order valence-corrected chi connectivity index (χ2v) is 14.5. The molecule has 0 bridgehead atoms. The molecule has 0 aliphatic heterocycles. The Morgan fingerprint density at radius 1 is 0.487 bits per heavy atom. The van der Waals surface area contributed by atoms with Crippen molar-refractivity contribution in [2.45, 2.75) is 0 Å². The molecule has 0 aromatic heterocycles. The zero-order valence-electron chi connectivity index (χ0n) is 21.2. The summed E-state index contributed by atoms with van der Waals surface area (Å²) in [5.41, 5.74) is 0. The van der Waals surface area contributed by atoms with Crippen molar-refractivity contribution >= 4 is 67.9 Å².